The van der Waals surface area contributed by atoms with Crippen LogP contribution in [-0.2, 0) is 12.0 Å². The summed E-state index contributed by atoms with van der Waals surface area (Å²) in [4.78, 5) is 11.1. The second-order valence-electron chi connectivity index (χ2n) is 7.35. The molecule has 0 aliphatic carbocycles. The molecule has 4 nitrogen and oxygen atoms in total. The van der Waals surface area contributed by atoms with Crippen molar-refractivity contribution >= 4 is 16.5 Å². The van der Waals surface area contributed by atoms with Gasteiger partial charge >= 0.3 is 0 Å². The SMILES string of the molecule is CNCc1sc(N(C)CC2CCN(C)C2)nc1C(C)(C)C. The molecular weight excluding hydrogens is 280 g/mol. The molecule has 1 saturated heterocycles. The smallest absolute Gasteiger partial charge is 0.185 e. The minimum Gasteiger partial charge on any atom is -0.351 e. The van der Waals surface area contributed by atoms with Crippen molar-refractivity contribution in [3.05, 3.63) is 10.6 Å². The van der Waals surface area contributed by atoms with Crippen LogP contribution in [0.25, 0.3) is 0 Å². The molecule has 0 radical (unpaired) electrons. The highest BCUT2D eigenvalue weighted by atomic mass is 32.1. The van der Waals surface area contributed by atoms with E-state index in [-0.39, 0.29) is 5.41 Å². The minimum atomic E-state index is 0.106. The maximum atomic E-state index is 4.95. The van der Waals surface area contributed by atoms with E-state index in [2.05, 4.69) is 50.0 Å². The number of likely N-dealkylation sites (tertiary alicyclic amines) is 1. The molecule has 1 unspecified atom stereocenters. The number of rotatable bonds is 5. The number of thiazole rings is 1. The second kappa shape index (κ2) is 6.63. The molecule has 0 bridgehead atoms. The van der Waals surface area contributed by atoms with E-state index in [1.807, 2.05) is 18.4 Å². The molecule has 0 amide bonds. The number of anilines is 1. The minimum absolute atomic E-state index is 0.106. The summed E-state index contributed by atoms with van der Waals surface area (Å²) >= 11 is 1.84. The van der Waals surface area contributed by atoms with Crippen molar-refractivity contribution in [2.24, 2.45) is 5.92 Å². The monoisotopic (exact) mass is 310 g/mol. The molecule has 2 heterocycles. The highest BCUT2D eigenvalue weighted by Gasteiger charge is 2.26. The maximum Gasteiger partial charge on any atom is 0.185 e. The quantitative estimate of drug-likeness (QED) is 0.906. The summed E-state index contributed by atoms with van der Waals surface area (Å²) in [5, 5.41) is 4.44. The fourth-order valence-corrected chi connectivity index (χ4v) is 4.26. The van der Waals surface area contributed by atoms with Gasteiger partial charge in [0.2, 0.25) is 0 Å². The van der Waals surface area contributed by atoms with Gasteiger partial charge in [-0.25, -0.2) is 4.98 Å². The first-order chi connectivity index (χ1) is 9.81. The zero-order chi connectivity index (χ0) is 15.6. The van der Waals surface area contributed by atoms with Crippen molar-refractivity contribution in [1.29, 1.82) is 0 Å². The zero-order valence-corrected chi connectivity index (χ0v) is 15.2. The van der Waals surface area contributed by atoms with Gasteiger partial charge in [-0.15, -0.1) is 11.3 Å². The van der Waals surface area contributed by atoms with Crippen LogP contribution >= 0.6 is 11.3 Å². The van der Waals surface area contributed by atoms with E-state index >= 15 is 0 Å². The predicted octanol–water partition coefficient (Wildman–Crippen LogP) is 2.55. The van der Waals surface area contributed by atoms with Crippen LogP contribution < -0.4 is 10.2 Å². The van der Waals surface area contributed by atoms with Gasteiger partial charge in [0.05, 0.1) is 5.69 Å². The Hall–Kier alpha value is -0.650. The van der Waals surface area contributed by atoms with Crippen LogP contribution in [-0.4, -0.2) is 50.7 Å². The van der Waals surface area contributed by atoms with Gasteiger partial charge < -0.3 is 15.1 Å². The number of nitrogens with zero attached hydrogens (tertiary/aromatic N) is 3. The zero-order valence-electron chi connectivity index (χ0n) is 14.4. The Kier molecular flexibility index (Phi) is 5.28. The molecule has 1 fully saturated rings. The van der Waals surface area contributed by atoms with Gasteiger partial charge in [-0.1, -0.05) is 20.8 Å². The average molecular weight is 311 g/mol. The maximum absolute atomic E-state index is 4.95. The van der Waals surface area contributed by atoms with Crippen molar-refractivity contribution in [1.82, 2.24) is 15.2 Å². The first kappa shape index (κ1) is 16.7. The topological polar surface area (TPSA) is 31.4 Å². The number of nitrogens with one attached hydrogen (secondary N) is 1. The molecule has 0 spiro atoms. The lowest BCUT2D eigenvalue weighted by atomic mass is 9.91. The fraction of sp³-hybridized carbons (Fsp3) is 0.812. The van der Waals surface area contributed by atoms with E-state index in [0.29, 0.717) is 0 Å². The fourth-order valence-electron chi connectivity index (χ4n) is 3.01. The normalized spacial score (nSPS) is 20.2. The van der Waals surface area contributed by atoms with E-state index in [1.54, 1.807) is 0 Å². The molecule has 1 aromatic heterocycles. The molecule has 1 aliphatic heterocycles. The van der Waals surface area contributed by atoms with Crippen LogP contribution in [0.4, 0.5) is 5.13 Å². The van der Waals surface area contributed by atoms with Crippen LogP contribution in [0, 0.1) is 5.92 Å². The number of hydrogen-bond donors (Lipinski definition) is 1. The van der Waals surface area contributed by atoms with Gasteiger partial charge in [0.25, 0.3) is 0 Å². The second-order valence-corrected chi connectivity index (χ2v) is 8.41. The van der Waals surface area contributed by atoms with Gasteiger partial charge in [0, 0.05) is 37.0 Å². The molecule has 1 aromatic rings. The first-order valence-electron chi connectivity index (χ1n) is 7.85. The molecule has 2 rings (SSSR count). The van der Waals surface area contributed by atoms with Gasteiger partial charge in [-0.05, 0) is 33.0 Å². The van der Waals surface area contributed by atoms with Crippen molar-refractivity contribution in [2.75, 3.05) is 45.7 Å². The largest absolute Gasteiger partial charge is 0.351 e. The van der Waals surface area contributed by atoms with E-state index in [9.17, 15) is 0 Å². The lowest BCUT2D eigenvalue weighted by Crippen LogP contribution is -2.27. The summed E-state index contributed by atoms with van der Waals surface area (Å²) in [6.45, 7) is 11.2. The van der Waals surface area contributed by atoms with Crippen LogP contribution in [0.15, 0.2) is 0 Å². The van der Waals surface area contributed by atoms with E-state index in [4.69, 9.17) is 4.98 Å². The highest BCUT2D eigenvalue weighted by molar-refractivity contribution is 7.15. The Bertz CT molecular complexity index is 463. The lowest BCUT2D eigenvalue weighted by Gasteiger charge is -2.21. The number of hydrogen-bond acceptors (Lipinski definition) is 5. The lowest BCUT2D eigenvalue weighted by molar-refractivity contribution is 0.396. The Balaban J connectivity index is 2.11. The van der Waals surface area contributed by atoms with Gasteiger partial charge in [0.15, 0.2) is 5.13 Å². The van der Waals surface area contributed by atoms with Gasteiger partial charge in [0.1, 0.15) is 0 Å². The molecule has 5 heteroatoms. The molecule has 1 N–H and O–H groups in total. The summed E-state index contributed by atoms with van der Waals surface area (Å²) in [5.41, 5.74) is 1.35. The Labute approximate surface area is 133 Å². The summed E-state index contributed by atoms with van der Waals surface area (Å²) < 4.78 is 0. The van der Waals surface area contributed by atoms with E-state index in [1.165, 1.54) is 35.2 Å². The Morgan fingerprint density at radius 2 is 2.14 bits per heavy atom. The van der Waals surface area contributed by atoms with Gasteiger partial charge in [-0.2, -0.15) is 0 Å². The number of aromatic nitrogens is 1. The van der Waals surface area contributed by atoms with Gasteiger partial charge in [-0.3, -0.25) is 0 Å². The first-order valence-corrected chi connectivity index (χ1v) is 8.67. The predicted molar refractivity (Wildman–Crippen MR) is 92.5 cm³/mol. The highest BCUT2D eigenvalue weighted by Crippen LogP contribution is 2.34. The third-order valence-electron chi connectivity index (χ3n) is 4.08. The van der Waals surface area contributed by atoms with Crippen molar-refractivity contribution < 1.29 is 0 Å². The average Bonchev–Trinajstić information content (AvgIpc) is 2.96. The Morgan fingerprint density at radius 3 is 2.67 bits per heavy atom. The Morgan fingerprint density at radius 1 is 1.43 bits per heavy atom. The molecule has 0 saturated carbocycles. The molecule has 1 atom stereocenters. The van der Waals surface area contributed by atoms with E-state index in [0.717, 1.165) is 19.0 Å². The third kappa shape index (κ3) is 4.18. The van der Waals surface area contributed by atoms with Crippen LogP contribution in [0.1, 0.15) is 37.8 Å². The summed E-state index contributed by atoms with van der Waals surface area (Å²) in [5.74, 6) is 0.773. The third-order valence-corrected chi connectivity index (χ3v) is 5.25. The molecule has 120 valence electrons. The van der Waals surface area contributed by atoms with Crippen molar-refractivity contribution in [3.8, 4) is 0 Å². The summed E-state index contributed by atoms with van der Waals surface area (Å²) in [7, 11) is 6.41. The molecule has 0 aromatic carbocycles. The van der Waals surface area contributed by atoms with Crippen LogP contribution in [0.5, 0.6) is 0 Å². The van der Waals surface area contributed by atoms with Crippen LogP contribution in [0.3, 0.4) is 0 Å². The summed E-state index contributed by atoms with van der Waals surface area (Å²) in [6, 6.07) is 0. The summed E-state index contributed by atoms with van der Waals surface area (Å²) in [6.07, 6.45) is 1.31. The molecule has 1 aliphatic rings. The van der Waals surface area contributed by atoms with E-state index < -0.39 is 0 Å². The van der Waals surface area contributed by atoms with Crippen LogP contribution in [0.2, 0.25) is 0 Å². The molecular formula is C16H30N4S. The van der Waals surface area contributed by atoms with Crippen molar-refractivity contribution in [2.45, 2.75) is 39.2 Å². The standard InChI is InChI=1S/C16H30N4S/c1-16(2,3)14-13(9-17-4)21-15(18-14)20(6)11-12-7-8-19(5)10-12/h12,17H,7-11H2,1-6H3. The van der Waals surface area contributed by atoms with Crippen molar-refractivity contribution in [3.63, 3.8) is 0 Å². The molecule has 21 heavy (non-hydrogen) atoms.